The normalized spacial score (nSPS) is 11.4. The second-order valence-corrected chi connectivity index (χ2v) is 6.24. The Kier molecular flexibility index (Phi) is 4.84. The zero-order valence-corrected chi connectivity index (χ0v) is 14.8. The van der Waals surface area contributed by atoms with Gasteiger partial charge in [0, 0.05) is 34.6 Å². The van der Waals surface area contributed by atoms with Gasteiger partial charge < -0.3 is 11.1 Å². The fraction of sp³-hybridized carbons (Fsp3) is 0.111. The van der Waals surface area contributed by atoms with Crippen molar-refractivity contribution < 1.29 is 18.0 Å². The van der Waals surface area contributed by atoms with Gasteiger partial charge in [-0.25, -0.2) is 0 Å². The summed E-state index contributed by atoms with van der Waals surface area (Å²) in [5.74, 6) is -0.406. The first-order valence-electron chi connectivity index (χ1n) is 7.73. The summed E-state index contributed by atoms with van der Waals surface area (Å²) in [4.78, 5) is 12.3. The van der Waals surface area contributed by atoms with Crippen molar-refractivity contribution in [2.45, 2.75) is 6.18 Å². The number of nitrogens with one attached hydrogen (secondary N) is 1. The standard InChI is InChI=1S/C18H14ClF3N4O/c1-26-15(9-16(25-26)18(20,21)22)13-7-2-10(8-14(13)23)17(27)24-12-5-3-11(19)4-6-12/h2-9H,23H2,1H3,(H,24,27). The summed E-state index contributed by atoms with van der Waals surface area (Å²) >= 11 is 5.80. The summed E-state index contributed by atoms with van der Waals surface area (Å²) in [6.07, 6.45) is -4.55. The predicted molar refractivity (Wildman–Crippen MR) is 97.5 cm³/mol. The highest BCUT2D eigenvalue weighted by molar-refractivity contribution is 6.30. The van der Waals surface area contributed by atoms with Crippen LogP contribution in [0.3, 0.4) is 0 Å². The molecule has 140 valence electrons. The second-order valence-electron chi connectivity index (χ2n) is 5.80. The Morgan fingerprint density at radius 3 is 2.37 bits per heavy atom. The van der Waals surface area contributed by atoms with Gasteiger partial charge in [-0.3, -0.25) is 9.48 Å². The lowest BCUT2D eigenvalue weighted by atomic mass is 10.1. The maximum absolute atomic E-state index is 12.8. The molecule has 1 heterocycles. The van der Waals surface area contributed by atoms with E-state index in [-0.39, 0.29) is 16.9 Å². The first-order valence-corrected chi connectivity index (χ1v) is 8.11. The minimum Gasteiger partial charge on any atom is -0.398 e. The number of nitrogens with zero attached hydrogens (tertiary/aromatic N) is 2. The molecule has 27 heavy (non-hydrogen) atoms. The van der Waals surface area contributed by atoms with Crippen LogP contribution in [0.4, 0.5) is 24.5 Å². The average Bonchev–Trinajstić information content (AvgIpc) is 2.99. The van der Waals surface area contributed by atoms with Crippen LogP contribution in [0.1, 0.15) is 16.1 Å². The van der Waals surface area contributed by atoms with Crippen molar-refractivity contribution in [3.8, 4) is 11.3 Å². The lowest BCUT2D eigenvalue weighted by Crippen LogP contribution is -2.12. The number of benzene rings is 2. The number of anilines is 2. The third kappa shape index (κ3) is 4.06. The van der Waals surface area contributed by atoms with Crippen molar-refractivity contribution in [1.82, 2.24) is 9.78 Å². The highest BCUT2D eigenvalue weighted by Crippen LogP contribution is 2.33. The molecule has 1 aromatic heterocycles. The summed E-state index contributed by atoms with van der Waals surface area (Å²) in [7, 11) is 1.39. The average molecular weight is 395 g/mol. The van der Waals surface area contributed by atoms with E-state index < -0.39 is 17.8 Å². The topological polar surface area (TPSA) is 72.9 Å². The van der Waals surface area contributed by atoms with Gasteiger partial charge in [0.1, 0.15) is 0 Å². The minimum absolute atomic E-state index is 0.162. The number of nitrogen functional groups attached to an aromatic ring is 1. The van der Waals surface area contributed by atoms with E-state index in [1.165, 1.54) is 25.2 Å². The smallest absolute Gasteiger partial charge is 0.398 e. The summed E-state index contributed by atoms with van der Waals surface area (Å²) < 4.78 is 39.6. The maximum Gasteiger partial charge on any atom is 0.435 e. The van der Waals surface area contributed by atoms with Crippen LogP contribution in [-0.4, -0.2) is 15.7 Å². The van der Waals surface area contributed by atoms with E-state index >= 15 is 0 Å². The summed E-state index contributed by atoms with van der Waals surface area (Å²) in [5, 5.41) is 6.69. The molecule has 3 N–H and O–H groups in total. The number of aryl methyl sites for hydroxylation is 1. The SMILES string of the molecule is Cn1nc(C(F)(F)F)cc1-c1ccc(C(=O)Nc2ccc(Cl)cc2)cc1N. The molecule has 0 aliphatic heterocycles. The number of amides is 1. The van der Waals surface area contributed by atoms with E-state index in [1.54, 1.807) is 24.3 Å². The van der Waals surface area contributed by atoms with Crippen LogP contribution in [0.15, 0.2) is 48.5 Å². The lowest BCUT2D eigenvalue weighted by molar-refractivity contribution is -0.141. The largest absolute Gasteiger partial charge is 0.435 e. The van der Waals surface area contributed by atoms with Crippen LogP contribution in [-0.2, 0) is 13.2 Å². The number of hydrogen-bond acceptors (Lipinski definition) is 3. The van der Waals surface area contributed by atoms with Crippen molar-refractivity contribution in [2.24, 2.45) is 7.05 Å². The van der Waals surface area contributed by atoms with E-state index in [2.05, 4.69) is 10.4 Å². The zero-order valence-electron chi connectivity index (χ0n) is 14.0. The molecule has 3 rings (SSSR count). The third-order valence-corrected chi connectivity index (χ3v) is 4.11. The number of halogens is 4. The Morgan fingerprint density at radius 2 is 1.81 bits per heavy atom. The van der Waals surface area contributed by atoms with Gasteiger partial charge in [0.25, 0.3) is 5.91 Å². The first kappa shape index (κ1) is 18.8. The zero-order chi connectivity index (χ0) is 19.8. The fourth-order valence-corrected chi connectivity index (χ4v) is 2.66. The molecule has 0 saturated heterocycles. The second kappa shape index (κ2) is 6.96. The Hall–Kier alpha value is -3.00. The van der Waals surface area contributed by atoms with Crippen LogP contribution in [0.2, 0.25) is 5.02 Å². The predicted octanol–water partition coefficient (Wildman–Crippen LogP) is 4.59. The van der Waals surface area contributed by atoms with Gasteiger partial charge in [0.2, 0.25) is 0 Å². The van der Waals surface area contributed by atoms with Gasteiger partial charge in [-0.15, -0.1) is 0 Å². The van der Waals surface area contributed by atoms with Crippen LogP contribution in [0.5, 0.6) is 0 Å². The fourth-order valence-electron chi connectivity index (χ4n) is 2.53. The molecule has 3 aromatic rings. The number of nitrogens with two attached hydrogens (primary N) is 1. The molecule has 0 saturated carbocycles. The van der Waals surface area contributed by atoms with Gasteiger partial charge in [-0.1, -0.05) is 11.6 Å². The third-order valence-electron chi connectivity index (χ3n) is 3.86. The monoisotopic (exact) mass is 394 g/mol. The molecule has 0 unspecified atom stereocenters. The number of hydrogen-bond donors (Lipinski definition) is 2. The van der Waals surface area contributed by atoms with E-state index in [4.69, 9.17) is 17.3 Å². The molecule has 0 spiro atoms. The Labute approximate surface area is 157 Å². The van der Waals surface area contributed by atoms with Crippen molar-refractivity contribution in [3.05, 3.63) is 64.8 Å². The summed E-state index contributed by atoms with van der Waals surface area (Å²) in [6, 6.07) is 11.9. The van der Waals surface area contributed by atoms with E-state index in [0.717, 1.165) is 10.7 Å². The lowest BCUT2D eigenvalue weighted by Gasteiger charge is -2.09. The number of carbonyl (C=O) groups excluding carboxylic acids is 1. The van der Waals surface area contributed by atoms with Crippen molar-refractivity contribution in [2.75, 3.05) is 11.1 Å². The number of carbonyl (C=O) groups is 1. The number of alkyl halides is 3. The van der Waals surface area contributed by atoms with Gasteiger partial charge in [-0.2, -0.15) is 18.3 Å². The van der Waals surface area contributed by atoms with E-state index in [1.807, 2.05) is 0 Å². The minimum atomic E-state index is -4.55. The summed E-state index contributed by atoms with van der Waals surface area (Å²) in [5.41, 5.74) is 6.49. The quantitative estimate of drug-likeness (QED) is 0.638. The molecular weight excluding hydrogens is 381 g/mol. The van der Waals surface area contributed by atoms with Gasteiger partial charge in [0.15, 0.2) is 5.69 Å². The molecule has 2 aromatic carbocycles. The highest BCUT2D eigenvalue weighted by atomic mass is 35.5. The molecule has 0 radical (unpaired) electrons. The van der Waals surface area contributed by atoms with Gasteiger partial charge >= 0.3 is 6.18 Å². The molecule has 0 atom stereocenters. The van der Waals surface area contributed by atoms with Crippen LogP contribution < -0.4 is 11.1 Å². The van der Waals surface area contributed by atoms with Crippen molar-refractivity contribution in [3.63, 3.8) is 0 Å². The van der Waals surface area contributed by atoms with Crippen molar-refractivity contribution >= 4 is 28.9 Å². The van der Waals surface area contributed by atoms with E-state index in [9.17, 15) is 18.0 Å². The maximum atomic E-state index is 12.8. The molecule has 0 fully saturated rings. The number of rotatable bonds is 3. The number of aromatic nitrogens is 2. The van der Waals surface area contributed by atoms with Crippen LogP contribution in [0.25, 0.3) is 11.3 Å². The molecule has 9 heteroatoms. The van der Waals surface area contributed by atoms with Gasteiger partial charge in [0.05, 0.1) is 5.69 Å². The molecule has 5 nitrogen and oxygen atoms in total. The Bertz CT molecular complexity index is 997. The Morgan fingerprint density at radius 1 is 1.15 bits per heavy atom. The summed E-state index contributed by atoms with van der Waals surface area (Å²) in [6.45, 7) is 0. The molecule has 0 aliphatic rings. The van der Waals surface area contributed by atoms with Crippen LogP contribution in [0, 0.1) is 0 Å². The molecule has 0 bridgehead atoms. The molecule has 0 aliphatic carbocycles. The highest BCUT2D eigenvalue weighted by Gasteiger charge is 2.34. The van der Waals surface area contributed by atoms with E-state index in [0.29, 0.717) is 16.3 Å². The first-order chi connectivity index (χ1) is 12.6. The Balaban J connectivity index is 1.86. The molecule has 1 amide bonds. The van der Waals surface area contributed by atoms with Gasteiger partial charge in [-0.05, 0) is 48.5 Å². The van der Waals surface area contributed by atoms with Crippen LogP contribution >= 0.6 is 11.6 Å². The molecular formula is C18H14ClF3N4O. The van der Waals surface area contributed by atoms with Crippen molar-refractivity contribution in [1.29, 1.82) is 0 Å².